The predicted molar refractivity (Wildman–Crippen MR) is 120 cm³/mol. The zero-order valence-corrected chi connectivity index (χ0v) is 18.9. The topological polar surface area (TPSA) is 44.8 Å². The molecule has 0 aliphatic heterocycles. The zero-order valence-electron chi connectivity index (χ0n) is 17.4. The van der Waals surface area contributed by atoms with Gasteiger partial charge in [-0.15, -0.1) is 23.2 Å². The zero-order chi connectivity index (χ0) is 21.8. The highest BCUT2D eigenvalue weighted by Crippen LogP contribution is 2.43. The second kappa shape index (κ2) is 9.32. The number of methoxy groups -OCH3 is 1. The third-order valence-corrected chi connectivity index (χ3v) is 6.19. The molecule has 0 amide bonds. The number of benzene rings is 2. The van der Waals surface area contributed by atoms with Gasteiger partial charge >= 0.3 is 5.97 Å². The average Bonchev–Trinajstić information content (AvgIpc) is 2.74. The molecule has 2 aromatic rings. The number of alkyl halides is 2. The number of halogens is 2. The van der Waals surface area contributed by atoms with Crippen LogP contribution in [0.1, 0.15) is 36.2 Å². The van der Waals surface area contributed by atoms with Gasteiger partial charge < -0.3 is 14.2 Å². The van der Waals surface area contributed by atoms with Gasteiger partial charge in [-0.2, -0.15) is 0 Å². The number of para-hydroxylation sites is 1. The minimum Gasteiger partial charge on any atom is -0.488 e. The lowest BCUT2D eigenvalue weighted by atomic mass is 9.77. The molecule has 2 aromatic carbocycles. The summed E-state index contributed by atoms with van der Waals surface area (Å²) in [4.78, 5) is 11.9. The molecule has 0 heterocycles. The number of esters is 1. The molecule has 0 spiro atoms. The number of rotatable bonds is 7. The molecule has 0 aromatic heterocycles. The molecule has 3 rings (SSSR count). The highest BCUT2D eigenvalue weighted by Gasteiger charge is 2.40. The summed E-state index contributed by atoms with van der Waals surface area (Å²) in [5, 5.41) is -0.219. The standard InChI is InChI=1S/C24H26Cl2O4/c1-23(12-13-24(2,26)14-20(23)25)16-30-21-18(22(27)28-3)10-7-11-19(21)29-15-17-8-5-4-6-9-17/h4-13,20H,14-16H2,1-3H3. The van der Waals surface area contributed by atoms with Crippen molar-refractivity contribution in [3.05, 3.63) is 71.8 Å². The fourth-order valence-corrected chi connectivity index (χ4v) is 4.02. The van der Waals surface area contributed by atoms with Crippen molar-refractivity contribution in [3.63, 3.8) is 0 Å². The fourth-order valence-electron chi connectivity index (χ4n) is 3.27. The van der Waals surface area contributed by atoms with Crippen LogP contribution in [0.2, 0.25) is 0 Å². The van der Waals surface area contributed by atoms with Crippen LogP contribution in [0.3, 0.4) is 0 Å². The van der Waals surface area contributed by atoms with Crippen LogP contribution >= 0.6 is 23.2 Å². The Morgan fingerprint density at radius 3 is 2.47 bits per heavy atom. The average molecular weight is 449 g/mol. The van der Waals surface area contributed by atoms with Gasteiger partial charge in [0.15, 0.2) is 11.5 Å². The van der Waals surface area contributed by atoms with Gasteiger partial charge in [0, 0.05) is 10.8 Å². The molecule has 0 saturated heterocycles. The summed E-state index contributed by atoms with van der Waals surface area (Å²) in [5.41, 5.74) is 0.867. The first-order valence-electron chi connectivity index (χ1n) is 9.78. The summed E-state index contributed by atoms with van der Waals surface area (Å²) < 4.78 is 17.1. The Morgan fingerprint density at radius 1 is 1.07 bits per heavy atom. The summed E-state index contributed by atoms with van der Waals surface area (Å²) in [7, 11) is 1.34. The van der Waals surface area contributed by atoms with Crippen LogP contribution in [0.4, 0.5) is 0 Å². The van der Waals surface area contributed by atoms with E-state index < -0.39 is 16.3 Å². The Bertz CT molecular complexity index is 911. The van der Waals surface area contributed by atoms with E-state index in [1.807, 2.05) is 56.3 Å². The minimum absolute atomic E-state index is 0.219. The van der Waals surface area contributed by atoms with Gasteiger partial charge in [0.05, 0.1) is 18.6 Å². The maximum atomic E-state index is 12.3. The van der Waals surface area contributed by atoms with E-state index in [0.717, 1.165) is 5.56 Å². The lowest BCUT2D eigenvalue weighted by Crippen LogP contribution is -2.40. The quantitative estimate of drug-likeness (QED) is 0.295. The Labute approximate surface area is 187 Å². The van der Waals surface area contributed by atoms with Crippen LogP contribution in [0, 0.1) is 5.41 Å². The summed E-state index contributed by atoms with van der Waals surface area (Å²) >= 11 is 13.1. The summed E-state index contributed by atoms with van der Waals surface area (Å²) in [6.45, 7) is 4.56. The van der Waals surface area contributed by atoms with Crippen molar-refractivity contribution in [2.45, 2.75) is 37.1 Å². The van der Waals surface area contributed by atoms with Crippen molar-refractivity contribution in [1.29, 1.82) is 0 Å². The van der Waals surface area contributed by atoms with Gasteiger partial charge in [0.25, 0.3) is 0 Å². The number of hydrogen-bond acceptors (Lipinski definition) is 4. The second-order valence-electron chi connectivity index (χ2n) is 7.98. The van der Waals surface area contributed by atoms with Crippen molar-refractivity contribution in [2.24, 2.45) is 5.41 Å². The lowest BCUT2D eigenvalue weighted by molar-refractivity contribution is 0.0592. The van der Waals surface area contributed by atoms with Gasteiger partial charge in [-0.25, -0.2) is 4.79 Å². The third kappa shape index (κ3) is 5.30. The van der Waals surface area contributed by atoms with E-state index in [-0.39, 0.29) is 12.0 Å². The molecule has 0 radical (unpaired) electrons. The molecule has 30 heavy (non-hydrogen) atoms. The molecule has 0 N–H and O–H groups in total. The van der Waals surface area contributed by atoms with E-state index >= 15 is 0 Å². The third-order valence-electron chi connectivity index (χ3n) is 5.25. The van der Waals surface area contributed by atoms with Crippen molar-refractivity contribution in [3.8, 4) is 11.5 Å². The van der Waals surface area contributed by atoms with Crippen molar-refractivity contribution >= 4 is 29.2 Å². The minimum atomic E-state index is -0.491. The maximum absolute atomic E-state index is 12.3. The number of hydrogen-bond donors (Lipinski definition) is 0. The predicted octanol–water partition coefficient (Wildman–Crippen LogP) is 6.00. The van der Waals surface area contributed by atoms with Gasteiger partial charge in [-0.1, -0.05) is 55.5 Å². The van der Waals surface area contributed by atoms with Gasteiger partial charge in [-0.3, -0.25) is 0 Å². The van der Waals surface area contributed by atoms with Crippen molar-refractivity contribution in [2.75, 3.05) is 13.7 Å². The molecule has 3 unspecified atom stereocenters. The Balaban J connectivity index is 1.85. The largest absolute Gasteiger partial charge is 0.488 e. The Kier molecular flexibility index (Phi) is 6.99. The highest BCUT2D eigenvalue weighted by atomic mass is 35.5. The molecule has 3 atom stereocenters. The first-order chi connectivity index (χ1) is 14.2. The summed E-state index contributed by atoms with van der Waals surface area (Å²) in [6, 6.07) is 15.0. The molecule has 6 heteroatoms. The van der Waals surface area contributed by atoms with Gasteiger partial charge in [0.2, 0.25) is 0 Å². The van der Waals surface area contributed by atoms with E-state index in [0.29, 0.717) is 30.1 Å². The maximum Gasteiger partial charge on any atom is 0.341 e. The first kappa shape index (κ1) is 22.5. The van der Waals surface area contributed by atoms with Crippen LogP contribution in [-0.2, 0) is 11.3 Å². The Hall–Kier alpha value is -2.17. The molecular formula is C24H26Cl2O4. The number of carbonyl (C=O) groups is 1. The monoisotopic (exact) mass is 448 g/mol. The van der Waals surface area contributed by atoms with Crippen LogP contribution < -0.4 is 9.47 Å². The second-order valence-corrected chi connectivity index (χ2v) is 9.37. The number of ether oxygens (including phenoxy) is 3. The van der Waals surface area contributed by atoms with Gasteiger partial charge in [0.1, 0.15) is 12.2 Å². The number of allylic oxidation sites excluding steroid dienone is 1. The van der Waals surface area contributed by atoms with Crippen LogP contribution in [0.25, 0.3) is 0 Å². The molecule has 0 bridgehead atoms. The lowest BCUT2D eigenvalue weighted by Gasteiger charge is -2.39. The molecule has 4 nitrogen and oxygen atoms in total. The van der Waals surface area contributed by atoms with Crippen LogP contribution in [0.5, 0.6) is 11.5 Å². The molecule has 0 saturated carbocycles. The molecular weight excluding hydrogens is 423 g/mol. The van der Waals surface area contributed by atoms with Gasteiger partial charge in [-0.05, 0) is 31.0 Å². The van der Waals surface area contributed by atoms with Crippen molar-refractivity contribution < 1.29 is 19.0 Å². The summed E-state index contributed by atoms with van der Waals surface area (Å²) in [5.74, 6) is 0.326. The molecule has 1 aliphatic rings. The number of carbonyl (C=O) groups excluding carboxylic acids is 1. The molecule has 160 valence electrons. The normalized spacial score (nSPS) is 25.6. The SMILES string of the molecule is COC(=O)c1cccc(OCc2ccccc2)c1OCC1(C)C=CC(C)(Cl)CC1Cl. The molecule has 1 aliphatic carbocycles. The van der Waals surface area contributed by atoms with Crippen LogP contribution in [0.15, 0.2) is 60.7 Å². The Morgan fingerprint density at radius 2 is 1.80 bits per heavy atom. The first-order valence-corrected chi connectivity index (χ1v) is 10.6. The van der Waals surface area contributed by atoms with E-state index in [1.165, 1.54) is 7.11 Å². The van der Waals surface area contributed by atoms with E-state index in [2.05, 4.69) is 0 Å². The van der Waals surface area contributed by atoms with E-state index in [4.69, 9.17) is 37.4 Å². The molecule has 0 fully saturated rings. The fraction of sp³-hybridized carbons (Fsp3) is 0.375. The van der Waals surface area contributed by atoms with E-state index in [1.54, 1.807) is 18.2 Å². The smallest absolute Gasteiger partial charge is 0.341 e. The van der Waals surface area contributed by atoms with E-state index in [9.17, 15) is 4.79 Å². The highest BCUT2D eigenvalue weighted by molar-refractivity contribution is 6.27. The van der Waals surface area contributed by atoms with Crippen LogP contribution in [-0.4, -0.2) is 29.9 Å². The summed E-state index contributed by atoms with van der Waals surface area (Å²) in [6.07, 6.45) is 4.56. The van der Waals surface area contributed by atoms with Crippen molar-refractivity contribution in [1.82, 2.24) is 0 Å².